The van der Waals surface area contributed by atoms with Crippen LogP contribution in [0.4, 0.5) is 5.82 Å². The molecule has 0 aromatic carbocycles. The Bertz CT molecular complexity index is 341. The number of hydrogen-bond donors (Lipinski definition) is 3. The zero-order valence-corrected chi connectivity index (χ0v) is 10.0. The van der Waals surface area contributed by atoms with Crippen LogP contribution in [-0.4, -0.2) is 17.2 Å². The predicted molar refractivity (Wildman–Crippen MR) is 64.4 cm³/mol. The summed E-state index contributed by atoms with van der Waals surface area (Å²) in [5.74, 6) is 6.05. The molecule has 0 amide bonds. The summed E-state index contributed by atoms with van der Waals surface area (Å²) in [6.07, 6.45) is 1.65. The predicted octanol–water partition coefficient (Wildman–Crippen LogP) is 0.983. The molecule has 1 rings (SSSR count). The van der Waals surface area contributed by atoms with E-state index in [1.54, 1.807) is 6.20 Å². The van der Waals surface area contributed by atoms with Gasteiger partial charge in [0.05, 0.1) is 11.6 Å². The van der Waals surface area contributed by atoms with Crippen LogP contribution >= 0.6 is 0 Å². The topological polar surface area (TPSA) is 86.2 Å². The van der Waals surface area contributed by atoms with Gasteiger partial charge in [0.25, 0.3) is 0 Å². The second kappa shape index (κ2) is 5.25. The Labute approximate surface area is 96.2 Å². The highest BCUT2D eigenvalue weighted by atomic mass is 16.5. The van der Waals surface area contributed by atoms with Gasteiger partial charge in [0, 0.05) is 18.4 Å². The summed E-state index contributed by atoms with van der Waals surface area (Å²) in [7, 11) is 0. The Morgan fingerprint density at radius 2 is 2.25 bits per heavy atom. The smallest absolute Gasteiger partial charge is 0.128 e. The summed E-state index contributed by atoms with van der Waals surface area (Å²) in [6.45, 7) is 6.49. The number of nitrogens with one attached hydrogen (secondary N) is 1. The third kappa shape index (κ3) is 2.69. The van der Waals surface area contributed by atoms with Crippen LogP contribution in [0.3, 0.4) is 0 Å². The Balaban J connectivity index is 3.03. The van der Waals surface area contributed by atoms with Crippen molar-refractivity contribution >= 4 is 5.82 Å². The summed E-state index contributed by atoms with van der Waals surface area (Å²) < 4.78 is 5.67. The number of anilines is 1. The summed E-state index contributed by atoms with van der Waals surface area (Å²) in [4.78, 5) is 4.05. The van der Waals surface area contributed by atoms with Crippen molar-refractivity contribution in [3.8, 4) is 0 Å². The highest BCUT2D eigenvalue weighted by Crippen LogP contribution is 2.30. The second-order valence-corrected chi connectivity index (χ2v) is 4.11. The Morgan fingerprint density at radius 1 is 1.56 bits per heavy atom. The van der Waals surface area contributed by atoms with E-state index in [4.69, 9.17) is 16.3 Å². The number of ether oxygens (including phenoxy) is 1. The fourth-order valence-corrected chi connectivity index (χ4v) is 1.79. The third-order valence-electron chi connectivity index (χ3n) is 2.56. The minimum Gasteiger partial charge on any atom is -0.383 e. The fourth-order valence-electron chi connectivity index (χ4n) is 1.79. The van der Waals surface area contributed by atoms with E-state index in [1.807, 2.05) is 32.9 Å². The SMILES string of the molecule is CCOC(C)(C)C(NN)c1cccnc1N. The summed E-state index contributed by atoms with van der Waals surface area (Å²) in [5, 5.41) is 0. The number of hydrazine groups is 1. The van der Waals surface area contributed by atoms with Crippen molar-refractivity contribution in [2.75, 3.05) is 12.3 Å². The lowest BCUT2D eigenvalue weighted by atomic mass is 9.92. The molecule has 0 radical (unpaired) electrons. The first-order chi connectivity index (χ1) is 7.53. The van der Waals surface area contributed by atoms with Gasteiger partial charge in [-0.25, -0.2) is 10.4 Å². The lowest BCUT2D eigenvalue weighted by Crippen LogP contribution is -2.45. The number of rotatable bonds is 5. The molecule has 1 atom stereocenters. The Kier molecular flexibility index (Phi) is 4.23. The molecule has 0 saturated carbocycles. The number of hydrogen-bond acceptors (Lipinski definition) is 5. The molecular weight excluding hydrogens is 204 g/mol. The zero-order chi connectivity index (χ0) is 12.2. The summed E-state index contributed by atoms with van der Waals surface area (Å²) in [6, 6.07) is 3.53. The first kappa shape index (κ1) is 12.9. The molecule has 90 valence electrons. The Morgan fingerprint density at radius 3 is 2.75 bits per heavy atom. The Hall–Kier alpha value is -1.17. The number of nitrogens with zero attached hydrogens (tertiary/aromatic N) is 1. The molecule has 5 N–H and O–H groups in total. The zero-order valence-electron chi connectivity index (χ0n) is 10.0. The maximum absolute atomic E-state index is 5.83. The fraction of sp³-hybridized carbons (Fsp3) is 0.545. The molecule has 5 nitrogen and oxygen atoms in total. The van der Waals surface area contributed by atoms with E-state index < -0.39 is 5.60 Å². The first-order valence-electron chi connectivity index (χ1n) is 5.33. The van der Waals surface area contributed by atoms with Crippen LogP contribution in [0.1, 0.15) is 32.4 Å². The molecule has 0 bridgehead atoms. The molecule has 0 saturated heterocycles. The minimum absolute atomic E-state index is 0.193. The van der Waals surface area contributed by atoms with Crippen LogP contribution < -0.4 is 17.0 Å². The van der Waals surface area contributed by atoms with E-state index in [-0.39, 0.29) is 6.04 Å². The molecule has 1 aromatic rings. The first-order valence-corrected chi connectivity index (χ1v) is 5.33. The van der Waals surface area contributed by atoms with Crippen molar-refractivity contribution in [3.05, 3.63) is 23.9 Å². The average Bonchev–Trinajstić information content (AvgIpc) is 2.21. The molecule has 0 aliphatic carbocycles. The number of nitrogens with two attached hydrogens (primary N) is 2. The molecular formula is C11H20N4O. The van der Waals surface area contributed by atoms with Crippen LogP contribution in [0.5, 0.6) is 0 Å². The van der Waals surface area contributed by atoms with E-state index in [0.717, 1.165) is 5.56 Å². The number of nitrogen functional groups attached to an aromatic ring is 1. The number of aromatic nitrogens is 1. The van der Waals surface area contributed by atoms with Gasteiger partial charge in [-0.1, -0.05) is 6.07 Å². The molecule has 0 spiro atoms. The van der Waals surface area contributed by atoms with Crippen molar-refractivity contribution in [2.45, 2.75) is 32.4 Å². The monoisotopic (exact) mass is 224 g/mol. The molecule has 1 aromatic heterocycles. The van der Waals surface area contributed by atoms with Gasteiger partial charge in [-0.05, 0) is 26.8 Å². The normalized spacial score (nSPS) is 13.8. The standard InChI is InChI=1S/C11H20N4O/c1-4-16-11(2,3)9(15-13)8-6-5-7-14-10(8)12/h5-7,9,15H,4,13H2,1-3H3,(H2,12,14). The van der Waals surface area contributed by atoms with E-state index in [2.05, 4.69) is 10.4 Å². The largest absolute Gasteiger partial charge is 0.383 e. The van der Waals surface area contributed by atoms with Crippen LogP contribution in [0.15, 0.2) is 18.3 Å². The van der Waals surface area contributed by atoms with Crippen molar-refractivity contribution in [1.82, 2.24) is 10.4 Å². The average molecular weight is 224 g/mol. The van der Waals surface area contributed by atoms with Crippen molar-refractivity contribution in [3.63, 3.8) is 0 Å². The van der Waals surface area contributed by atoms with Crippen molar-refractivity contribution < 1.29 is 4.74 Å². The van der Waals surface area contributed by atoms with E-state index in [1.165, 1.54) is 0 Å². The highest BCUT2D eigenvalue weighted by Gasteiger charge is 2.32. The maximum atomic E-state index is 5.83. The molecule has 1 heterocycles. The van der Waals surface area contributed by atoms with Crippen LogP contribution in [0.2, 0.25) is 0 Å². The molecule has 1 unspecified atom stereocenters. The van der Waals surface area contributed by atoms with E-state index in [0.29, 0.717) is 12.4 Å². The molecule has 0 fully saturated rings. The van der Waals surface area contributed by atoms with Crippen LogP contribution in [0.25, 0.3) is 0 Å². The van der Waals surface area contributed by atoms with Gasteiger partial charge < -0.3 is 10.5 Å². The van der Waals surface area contributed by atoms with Gasteiger partial charge in [0.2, 0.25) is 0 Å². The van der Waals surface area contributed by atoms with Gasteiger partial charge >= 0.3 is 0 Å². The molecule has 16 heavy (non-hydrogen) atoms. The van der Waals surface area contributed by atoms with E-state index in [9.17, 15) is 0 Å². The van der Waals surface area contributed by atoms with Gasteiger partial charge in [-0.3, -0.25) is 5.84 Å². The summed E-state index contributed by atoms with van der Waals surface area (Å²) in [5.41, 5.74) is 8.97. The lowest BCUT2D eigenvalue weighted by Gasteiger charge is -2.34. The maximum Gasteiger partial charge on any atom is 0.128 e. The molecule has 5 heteroatoms. The summed E-state index contributed by atoms with van der Waals surface area (Å²) >= 11 is 0. The number of pyridine rings is 1. The van der Waals surface area contributed by atoms with Gasteiger partial charge in [0.1, 0.15) is 5.82 Å². The molecule has 0 aliphatic heterocycles. The minimum atomic E-state index is -0.444. The second-order valence-electron chi connectivity index (χ2n) is 4.11. The van der Waals surface area contributed by atoms with Gasteiger partial charge in [-0.2, -0.15) is 0 Å². The van der Waals surface area contributed by atoms with Crippen LogP contribution in [0, 0.1) is 0 Å². The third-order valence-corrected chi connectivity index (χ3v) is 2.56. The van der Waals surface area contributed by atoms with Crippen molar-refractivity contribution in [2.24, 2.45) is 5.84 Å². The van der Waals surface area contributed by atoms with E-state index >= 15 is 0 Å². The van der Waals surface area contributed by atoms with Gasteiger partial charge in [-0.15, -0.1) is 0 Å². The highest BCUT2D eigenvalue weighted by molar-refractivity contribution is 5.42. The van der Waals surface area contributed by atoms with Gasteiger partial charge in [0.15, 0.2) is 0 Å². The quantitative estimate of drug-likeness (QED) is 0.513. The van der Waals surface area contributed by atoms with Crippen LogP contribution in [-0.2, 0) is 4.74 Å². The van der Waals surface area contributed by atoms with Crippen molar-refractivity contribution in [1.29, 1.82) is 0 Å². The lowest BCUT2D eigenvalue weighted by molar-refractivity contribution is -0.0391. The molecule has 0 aliphatic rings.